The Morgan fingerprint density at radius 3 is 2.50 bits per heavy atom. The van der Waals surface area contributed by atoms with E-state index in [0.717, 1.165) is 36.5 Å². The number of hydrogen-bond donors (Lipinski definition) is 1. The predicted molar refractivity (Wildman–Crippen MR) is 86.4 cm³/mol. The van der Waals surface area contributed by atoms with Crippen molar-refractivity contribution in [3.63, 3.8) is 0 Å². The lowest BCUT2D eigenvalue weighted by Gasteiger charge is -2.62. The van der Waals surface area contributed by atoms with Crippen LogP contribution in [-0.2, 0) is 4.74 Å². The maximum absolute atomic E-state index is 10.1. The van der Waals surface area contributed by atoms with Crippen molar-refractivity contribution >= 4 is 0 Å². The molecule has 5 aliphatic rings. The van der Waals surface area contributed by atoms with Gasteiger partial charge in [0.25, 0.3) is 0 Å². The summed E-state index contributed by atoms with van der Waals surface area (Å²) in [6.45, 7) is 5.14. The number of aliphatic hydroxyl groups is 1. The summed E-state index contributed by atoms with van der Waals surface area (Å²) in [5.41, 5.74) is 1.01. The van der Waals surface area contributed by atoms with Crippen molar-refractivity contribution in [3.05, 3.63) is 0 Å². The molecule has 2 heteroatoms. The second-order valence-electron chi connectivity index (χ2n) is 9.80. The molecule has 4 saturated carbocycles. The Morgan fingerprint density at radius 2 is 1.64 bits per heavy atom. The minimum absolute atomic E-state index is 0.0150. The molecule has 1 saturated heterocycles. The van der Waals surface area contributed by atoms with E-state index in [-0.39, 0.29) is 6.10 Å². The number of fused-ring (bicyclic) bond motifs is 7. The van der Waals surface area contributed by atoms with Crippen molar-refractivity contribution in [1.82, 2.24) is 0 Å². The van der Waals surface area contributed by atoms with Crippen LogP contribution in [0.25, 0.3) is 0 Å². The molecule has 22 heavy (non-hydrogen) atoms. The molecule has 1 aliphatic heterocycles. The van der Waals surface area contributed by atoms with Crippen LogP contribution in [0.2, 0.25) is 0 Å². The van der Waals surface area contributed by atoms with E-state index in [1.165, 1.54) is 44.9 Å². The Kier molecular flexibility index (Phi) is 2.92. The fourth-order valence-corrected chi connectivity index (χ4v) is 7.77. The van der Waals surface area contributed by atoms with Crippen molar-refractivity contribution in [2.75, 3.05) is 0 Å². The van der Waals surface area contributed by atoms with Crippen molar-refractivity contribution in [2.24, 2.45) is 34.5 Å². The second kappa shape index (κ2) is 4.51. The predicted octanol–water partition coefficient (Wildman–Crippen LogP) is 4.16. The normalized spacial score (nSPS) is 63.1. The summed E-state index contributed by atoms with van der Waals surface area (Å²) in [5.74, 6) is 3.57. The van der Waals surface area contributed by atoms with Crippen LogP contribution in [0, 0.1) is 34.5 Å². The lowest BCUT2D eigenvalue weighted by Crippen LogP contribution is -2.56. The first kappa shape index (κ1) is 14.3. The summed E-state index contributed by atoms with van der Waals surface area (Å²) < 4.78 is 6.04. The van der Waals surface area contributed by atoms with Crippen LogP contribution in [0.15, 0.2) is 0 Å². The summed E-state index contributed by atoms with van der Waals surface area (Å²) in [6.07, 6.45) is 13.0. The smallest absolute Gasteiger partial charge is 0.0898 e. The standard InChI is InChI=1S/C20H32O2/c1-19-9-7-13(21)11-12(19)3-4-14-15-5-6-17-18(22-17)20(15,2)10-8-16(14)19/h12-18,21H,3-11H2,1-2H3/t12-,13?,14+,15?,16?,17?,18?,19+,20+/m0/s1. The number of ether oxygens (including phenoxy) is 1. The van der Waals surface area contributed by atoms with Crippen molar-refractivity contribution < 1.29 is 9.84 Å². The maximum atomic E-state index is 10.1. The summed E-state index contributed by atoms with van der Waals surface area (Å²) in [5, 5.41) is 10.1. The number of hydrogen-bond acceptors (Lipinski definition) is 2. The summed E-state index contributed by atoms with van der Waals surface area (Å²) in [4.78, 5) is 0. The molecule has 0 amide bonds. The zero-order valence-corrected chi connectivity index (χ0v) is 14.3. The van der Waals surface area contributed by atoms with E-state index >= 15 is 0 Å². The summed E-state index contributed by atoms with van der Waals surface area (Å²) in [7, 11) is 0. The highest BCUT2D eigenvalue weighted by Crippen LogP contribution is 2.67. The highest BCUT2D eigenvalue weighted by molar-refractivity contribution is 5.13. The molecule has 4 aliphatic carbocycles. The van der Waals surface area contributed by atoms with Gasteiger partial charge in [0.1, 0.15) is 0 Å². The fourth-order valence-electron chi connectivity index (χ4n) is 7.77. The van der Waals surface area contributed by atoms with E-state index in [1.807, 2.05) is 0 Å². The monoisotopic (exact) mass is 304 g/mol. The van der Waals surface area contributed by atoms with Gasteiger partial charge in [-0.15, -0.1) is 0 Å². The Labute approximate surface area is 135 Å². The Hall–Kier alpha value is -0.0800. The molecule has 0 radical (unpaired) electrons. The topological polar surface area (TPSA) is 32.8 Å². The maximum Gasteiger partial charge on any atom is 0.0898 e. The van der Waals surface area contributed by atoms with Gasteiger partial charge in [0.2, 0.25) is 0 Å². The van der Waals surface area contributed by atoms with Gasteiger partial charge >= 0.3 is 0 Å². The Bertz CT molecular complexity index is 476. The molecule has 0 bridgehead atoms. The van der Waals surface area contributed by atoms with Crippen molar-refractivity contribution in [1.29, 1.82) is 0 Å². The average Bonchev–Trinajstić information content (AvgIpc) is 3.28. The van der Waals surface area contributed by atoms with Gasteiger partial charge < -0.3 is 9.84 Å². The zero-order chi connectivity index (χ0) is 15.1. The van der Waals surface area contributed by atoms with E-state index in [4.69, 9.17) is 4.74 Å². The van der Waals surface area contributed by atoms with Gasteiger partial charge in [-0.3, -0.25) is 0 Å². The van der Waals surface area contributed by atoms with Gasteiger partial charge in [0, 0.05) is 0 Å². The molecule has 124 valence electrons. The molecular formula is C20H32O2. The van der Waals surface area contributed by atoms with E-state index in [9.17, 15) is 5.11 Å². The zero-order valence-electron chi connectivity index (χ0n) is 14.3. The second-order valence-corrected chi connectivity index (χ2v) is 9.80. The molecule has 1 heterocycles. The molecule has 5 rings (SSSR count). The molecule has 0 aromatic heterocycles. The number of aliphatic hydroxyl groups excluding tert-OH is 1. The average molecular weight is 304 g/mol. The van der Waals surface area contributed by atoms with Crippen LogP contribution >= 0.6 is 0 Å². The Balaban J connectivity index is 1.45. The minimum Gasteiger partial charge on any atom is -0.393 e. The van der Waals surface area contributed by atoms with Crippen LogP contribution in [0.4, 0.5) is 0 Å². The third-order valence-electron chi connectivity index (χ3n) is 9.07. The number of epoxide rings is 1. The summed E-state index contributed by atoms with van der Waals surface area (Å²) in [6, 6.07) is 0. The van der Waals surface area contributed by atoms with Crippen LogP contribution in [0.5, 0.6) is 0 Å². The van der Waals surface area contributed by atoms with Gasteiger partial charge in [-0.25, -0.2) is 0 Å². The first-order chi connectivity index (χ1) is 10.5. The molecule has 1 N–H and O–H groups in total. The highest BCUT2D eigenvalue weighted by atomic mass is 16.6. The molecule has 5 fully saturated rings. The van der Waals surface area contributed by atoms with E-state index < -0.39 is 0 Å². The van der Waals surface area contributed by atoms with Crippen molar-refractivity contribution in [3.8, 4) is 0 Å². The SMILES string of the molecule is C[C@@]12CCC3[C@H](CC[C@H]4CC(O)CC[C@@]34C)C1CCC1OC12. The first-order valence-electron chi connectivity index (χ1n) is 9.86. The molecule has 5 unspecified atom stereocenters. The summed E-state index contributed by atoms with van der Waals surface area (Å²) >= 11 is 0. The van der Waals surface area contributed by atoms with Crippen molar-refractivity contribution in [2.45, 2.75) is 89.9 Å². The molecule has 2 nitrogen and oxygen atoms in total. The van der Waals surface area contributed by atoms with Crippen LogP contribution in [-0.4, -0.2) is 23.4 Å². The lowest BCUT2D eigenvalue weighted by atomic mass is 9.43. The number of rotatable bonds is 0. The van der Waals surface area contributed by atoms with E-state index in [1.54, 1.807) is 0 Å². The third-order valence-corrected chi connectivity index (χ3v) is 9.07. The molecule has 0 aromatic rings. The van der Waals surface area contributed by atoms with Gasteiger partial charge in [-0.2, -0.15) is 0 Å². The molecule has 9 atom stereocenters. The van der Waals surface area contributed by atoms with E-state index in [2.05, 4.69) is 13.8 Å². The van der Waals surface area contributed by atoms with Crippen LogP contribution in [0.3, 0.4) is 0 Å². The van der Waals surface area contributed by atoms with Gasteiger partial charge in [0.05, 0.1) is 18.3 Å². The molecular weight excluding hydrogens is 272 g/mol. The van der Waals surface area contributed by atoms with Gasteiger partial charge in [-0.1, -0.05) is 13.8 Å². The first-order valence-corrected chi connectivity index (χ1v) is 9.86. The van der Waals surface area contributed by atoms with Gasteiger partial charge in [0.15, 0.2) is 0 Å². The van der Waals surface area contributed by atoms with Crippen LogP contribution in [0.1, 0.15) is 71.6 Å². The quantitative estimate of drug-likeness (QED) is 0.682. The Morgan fingerprint density at radius 1 is 0.864 bits per heavy atom. The van der Waals surface area contributed by atoms with Gasteiger partial charge in [-0.05, 0) is 92.3 Å². The molecule has 0 spiro atoms. The van der Waals surface area contributed by atoms with Crippen LogP contribution < -0.4 is 0 Å². The van der Waals surface area contributed by atoms with E-state index in [0.29, 0.717) is 23.0 Å². The highest BCUT2D eigenvalue weighted by Gasteiger charge is 2.64. The molecule has 0 aromatic carbocycles. The minimum atomic E-state index is -0.0150. The fraction of sp³-hybridized carbons (Fsp3) is 1.00. The largest absolute Gasteiger partial charge is 0.393 e. The lowest BCUT2D eigenvalue weighted by molar-refractivity contribution is -0.135. The third kappa shape index (κ3) is 1.75.